The number of amides is 2. The zero-order chi connectivity index (χ0) is 21.9. The van der Waals surface area contributed by atoms with Crippen molar-refractivity contribution in [2.75, 3.05) is 18.4 Å². The van der Waals surface area contributed by atoms with Crippen molar-refractivity contribution in [1.82, 2.24) is 9.88 Å². The van der Waals surface area contributed by atoms with E-state index in [0.717, 1.165) is 23.2 Å². The van der Waals surface area contributed by atoms with Crippen LogP contribution in [0.25, 0.3) is 10.9 Å². The van der Waals surface area contributed by atoms with Crippen molar-refractivity contribution in [3.8, 4) is 0 Å². The lowest BCUT2D eigenvalue weighted by Gasteiger charge is -2.23. The molecule has 0 saturated carbocycles. The molecule has 3 aliphatic rings. The predicted molar refractivity (Wildman–Crippen MR) is 122 cm³/mol. The van der Waals surface area contributed by atoms with E-state index in [2.05, 4.69) is 22.4 Å². The first-order valence-corrected chi connectivity index (χ1v) is 11.1. The van der Waals surface area contributed by atoms with Crippen molar-refractivity contribution in [2.45, 2.75) is 25.0 Å². The molecule has 0 unspecified atom stereocenters. The quantitative estimate of drug-likeness (QED) is 0.613. The van der Waals surface area contributed by atoms with Gasteiger partial charge in [0.25, 0.3) is 0 Å². The van der Waals surface area contributed by atoms with E-state index in [1.165, 1.54) is 10.9 Å². The normalized spacial score (nSPS) is 28.0. The highest BCUT2D eigenvalue weighted by atomic mass is 16.5. The number of nitrogens with one attached hydrogen (secondary N) is 2. The molecule has 2 fully saturated rings. The number of hydrogen-bond donors (Lipinski definition) is 2. The number of fused-ring (bicyclic) bond motifs is 2. The van der Waals surface area contributed by atoms with E-state index < -0.39 is 17.4 Å². The fraction of sp³-hybridized carbons (Fsp3) is 0.308. The summed E-state index contributed by atoms with van der Waals surface area (Å²) < 4.78 is 6.24. The predicted octanol–water partition coefficient (Wildman–Crippen LogP) is 3.44. The number of aryl methyl sites for hydroxylation is 1. The molecule has 2 saturated heterocycles. The number of aromatic nitrogens is 1. The summed E-state index contributed by atoms with van der Waals surface area (Å²) in [6.07, 6.45) is 6.38. The van der Waals surface area contributed by atoms with Crippen LogP contribution in [-0.4, -0.2) is 46.5 Å². The Morgan fingerprint density at radius 1 is 1.22 bits per heavy atom. The lowest BCUT2D eigenvalue weighted by Crippen LogP contribution is -2.41. The highest BCUT2D eigenvalue weighted by molar-refractivity contribution is 5.99. The minimum absolute atomic E-state index is 0.0146. The van der Waals surface area contributed by atoms with E-state index >= 15 is 0 Å². The van der Waals surface area contributed by atoms with Gasteiger partial charge in [-0.2, -0.15) is 0 Å². The monoisotopic (exact) mass is 427 g/mol. The maximum atomic E-state index is 13.4. The average Bonchev–Trinajstić information content (AvgIpc) is 3.54. The second kappa shape index (κ2) is 7.07. The first-order chi connectivity index (χ1) is 15.5. The van der Waals surface area contributed by atoms with E-state index in [1.807, 2.05) is 66.6 Å². The Balaban J connectivity index is 1.20. The van der Waals surface area contributed by atoms with Crippen LogP contribution in [-0.2, 0) is 20.7 Å². The number of H-pyrrole nitrogens is 1. The summed E-state index contributed by atoms with van der Waals surface area (Å²) in [4.78, 5) is 31.8. The molecule has 6 nitrogen and oxygen atoms in total. The number of hydrogen-bond acceptors (Lipinski definition) is 3. The minimum Gasteiger partial charge on any atom is -0.361 e. The minimum atomic E-state index is -0.683. The van der Waals surface area contributed by atoms with E-state index in [1.54, 1.807) is 0 Å². The van der Waals surface area contributed by atoms with Crippen LogP contribution in [0.15, 0.2) is 66.9 Å². The lowest BCUT2D eigenvalue weighted by atomic mass is 9.77. The SMILES string of the molecule is Cc1ccc(NC(=O)[C@@H]2[C@H]3C(=O)N(CCc4c[nH]c5ccccc45)C[C@]34C=C[C@H]2O4)cc1. The maximum absolute atomic E-state index is 13.4. The fourth-order valence-electron chi connectivity index (χ4n) is 5.52. The summed E-state index contributed by atoms with van der Waals surface area (Å²) in [7, 11) is 0. The molecule has 6 rings (SSSR count). The molecule has 0 aliphatic carbocycles. The second-order valence-corrected chi connectivity index (χ2v) is 9.12. The smallest absolute Gasteiger partial charge is 0.231 e. The Bertz CT molecular complexity index is 1240. The lowest BCUT2D eigenvalue weighted by molar-refractivity contribution is -0.135. The Morgan fingerprint density at radius 3 is 2.88 bits per heavy atom. The van der Waals surface area contributed by atoms with Gasteiger partial charge in [-0.3, -0.25) is 9.59 Å². The number of nitrogens with zero attached hydrogens (tertiary/aromatic N) is 1. The van der Waals surface area contributed by atoms with Gasteiger partial charge in [0.2, 0.25) is 11.8 Å². The van der Waals surface area contributed by atoms with Crippen LogP contribution in [0.2, 0.25) is 0 Å². The number of carbonyl (C=O) groups excluding carboxylic acids is 2. The number of carbonyl (C=O) groups is 2. The zero-order valence-electron chi connectivity index (χ0n) is 17.9. The van der Waals surface area contributed by atoms with Crippen LogP contribution in [0.5, 0.6) is 0 Å². The fourth-order valence-corrected chi connectivity index (χ4v) is 5.52. The van der Waals surface area contributed by atoms with Gasteiger partial charge in [0.1, 0.15) is 5.60 Å². The number of para-hydroxylation sites is 1. The van der Waals surface area contributed by atoms with Gasteiger partial charge < -0.3 is 19.9 Å². The molecule has 32 heavy (non-hydrogen) atoms. The van der Waals surface area contributed by atoms with Crippen molar-refractivity contribution >= 4 is 28.4 Å². The van der Waals surface area contributed by atoms with Crippen molar-refractivity contribution in [1.29, 1.82) is 0 Å². The van der Waals surface area contributed by atoms with Gasteiger partial charge in [-0.1, -0.05) is 48.0 Å². The number of ether oxygens (including phenoxy) is 1. The summed E-state index contributed by atoms with van der Waals surface area (Å²) in [5.74, 6) is -1.11. The first kappa shape index (κ1) is 19.3. The van der Waals surface area contributed by atoms with Gasteiger partial charge in [-0.15, -0.1) is 0 Å². The molecule has 2 bridgehead atoms. The largest absolute Gasteiger partial charge is 0.361 e. The Hall–Kier alpha value is -3.38. The van der Waals surface area contributed by atoms with Crippen LogP contribution in [0.1, 0.15) is 11.1 Å². The molecular formula is C26H25N3O3. The summed E-state index contributed by atoms with van der Waals surface area (Å²) in [5, 5.41) is 4.17. The second-order valence-electron chi connectivity index (χ2n) is 9.12. The Kier molecular flexibility index (Phi) is 4.27. The number of rotatable bonds is 5. The Labute approximate surface area is 186 Å². The summed E-state index contributed by atoms with van der Waals surface area (Å²) in [6, 6.07) is 15.9. The van der Waals surface area contributed by atoms with Crippen molar-refractivity contribution in [2.24, 2.45) is 11.8 Å². The molecule has 2 aromatic carbocycles. The number of likely N-dealkylation sites (tertiary alicyclic amines) is 1. The molecular weight excluding hydrogens is 402 g/mol. The van der Waals surface area contributed by atoms with Gasteiger partial charge in [-0.05, 0) is 37.1 Å². The summed E-state index contributed by atoms with van der Waals surface area (Å²) >= 11 is 0. The van der Waals surface area contributed by atoms with Crippen LogP contribution in [0.3, 0.4) is 0 Å². The number of benzene rings is 2. The summed E-state index contributed by atoms with van der Waals surface area (Å²) in [6.45, 7) is 3.11. The average molecular weight is 428 g/mol. The van der Waals surface area contributed by atoms with Crippen molar-refractivity contribution in [3.05, 3.63) is 78.0 Å². The molecule has 162 valence electrons. The van der Waals surface area contributed by atoms with Gasteiger partial charge >= 0.3 is 0 Å². The van der Waals surface area contributed by atoms with Crippen molar-refractivity contribution in [3.63, 3.8) is 0 Å². The standard InChI is InChI=1S/C26H25N3O3/c1-16-6-8-18(9-7-16)28-24(30)22-21-10-12-26(32-21)15-29(25(31)23(22)26)13-11-17-14-27-20-5-3-2-4-19(17)20/h2-10,12,14,21-23,27H,11,13,15H2,1H3,(H,28,30)/t21-,22+,23+,26-/m1/s1. The van der Waals surface area contributed by atoms with Gasteiger partial charge in [0.05, 0.1) is 24.5 Å². The first-order valence-electron chi connectivity index (χ1n) is 11.1. The molecule has 4 heterocycles. The van der Waals surface area contributed by atoms with E-state index in [0.29, 0.717) is 13.1 Å². The van der Waals surface area contributed by atoms with Crippen LogP contribution in [0.4, 0.5) is 5.69 Å². The molecule has 2 N–H and O–H groups in total. The maximum Gasteiger partial charge on any atom is 0.231 e. The van der Waals surface area contributed by atoms with E-state index in [4.69, 9.17) is 4.74 Å². The molecule has 3 aliphatic heterocycles. The molecule has 1 aromatic heterocycles. The third-order valence-corrected chi connectivity index (χ3v) is 7.13. The third kappa shape index (κ3) is 2.90. The third-order valence-electron chi connectivity index (χ3n) is 7.13. The van der Waals surface area contributed by atoms with Gasteiger partial charge in [0, 0.05) is 29.3 Å². The van der Waals surface area contributed by atoms with Crippen LogP contribution >= 0.6 is 0 Å². The molecule has 3 aromatic rings. The number of aromatic amines is 1. The Morgan fingerprint density at radius 2 is 2.03 bits per heavy atom. The highest BCUT2D eigenvalue weighted by Crippen LogP contribution is 2.52. The highest BCUT2D eigenvalue weighted by Gasteiger charge is 2.66. The van der Waals surface area contributed by atoms with E-state index in [-0.39, 0.29) is 17.9 Å². The van der Waals surface area contributed by atoms with Gasteiger partial charge in [-0.25, -0.2) is 0 Å². The number of anilines is 1. The molecule has 1 spiro atoms. The zero-order valence-corrected chi connectivity index (χ0v) is 17.9. The molecule has 0 radical (unpaired) electrons. The molecule has 6 heteroatoms. The molecule has 2 amide bonds. The molecule has 4 atom stereocenters. The van der Waals surface area contributed by atoms with Crippen LogP contribution in [0, 0.1) is 18.8 Å². The summed E-state index contributed by atoms with van der Waals surface area (Å²) in [5.41, 5.74) is 3.48. The topological polar surface area (TPSA) is 74.4 Å². The van der Waals surface area contributed by atoms with Gasteiger partial charge in [0.15, 0.2) is 0 Å². The van der Waals surface area contributed by atoms with Crippen molar-refractivity contribution < 1.29 is 14.3 Å². The van der Waals surface area contributed by atoms with E-state index in [9.17, 15) is 9.59 Å². The van der Waals surface area contributed by atoms with Crippen LogP contribution < -0.4 is 5.32 Å².